The van der Waals surface area contributed by atoms with Gasteiger partial charge in [-0.1, -0.05) is 43.3 Å². The molecule has 2 aromatic carbocycles. The van der Waals surface area contributed by atoms with E-state index >= 15 is 0 Å². The van der Waals surface area contributed by atoms with E-state index in [4.69, 9.17) is 0 Å². The zero-order valence-corrected chi connectivity index (χ0v) is 14.0. The molecule has 1 heterocycles. The molecule has 1 saturated heterocycles. The van der Waals surface area contributed by atoms with Crippen LogP contribution in [-0.4, -0.2) is 23.1 Å². The van der Waals surface area contributed by atoms with Gasteiger partial charge in [0.1, 0.15) is 5.75 Å². The number of nitrogens with zero attached hydrogens (tertiary/aromatic N) is 1. The molecule has 2 nitrogen and oxygen atoms in total. The lowest BCUT2D eigenvalue weighted by molar-refractivity contribution is 0.262. The second-order valence-electron chi connectivity index (χ2n) is 7.34. The van der Waals surface area contributed by atoms with Crippen LogP contribution in [-0.2, 0) is 12.0 Å². The number of benzene rings is 2. The molecule has 1 aliphatic carbocycles. The zero-order valence-electron chi connectivity index (χ0n) is 14.0. The number of rotatable bonds is 4. The maximum absolute atomic E-state index is 9.98. The molecule has 23 heavy (non-hydrogen) atoms. The minimum atomic E-state index is 0.302. The van der Waals surface area contributed by atoms with Crippen molar-refractivity contribution in [1.82, 2.24) is 4.90 Å². The van der Waals surface area contributed by atoms with Gasteiger partial charge in [-0.25, -0.2) is 0 Å². The number of hydrogen-bond acceptors (Lipinski definition) is 2. The average Bonchev–Trinajstić information content (AvgIpc) is 2.92. The van der Waals surface area contributed by atoms with Crippen molar-refractivity contribution in [3.05, 3.63) is 65.2 Å². The Balaban J connectivity index is 1.51. The highest BCUT2D eigenvalue weighted by Crippen LogP contribution is 2.65. The summed E-state index contributed by atoms with van der Waals surface area (Å²) in [4.78, 5) is 2.59. The predicted molar refractivity (Wildman–Crippen MR) is 93.5 cm³/mol. The summed E-state index contributed by atoms with van der Waals surface area (Å²) < 4.78 is 0. The lowest BCUT2D eigenvalue weighted by Crippen LogP contribution is -2.29. The highest BCUT2D eigenvalue weighted by molar-refractivity contribution is 5.44. The number of aromatic hydroxyl groups is 1. The van der Waals surface area contributed by atoms with Crippen LogP contribution in [0.15, 0.2) is 48.5 Å². The molecule has 0 spiro atoms. The molecule has 2 heteroatoms. The zero-order chi connectivity index (χ0) is 16.0. The van der Waals surface area contributed by atoms with Gasteiger partial charge in [0.2, 0.25) is 0 Å². The fourth-order valence-electron chi connectivity index (χ4n) is 4.97. The third-order valence-electron chi connectivity index (χ3n) is 6.04. The van der Waals surface area contributed by atoms with E-state index in [2.05, 4.69) is 55.1 Å². The third-order valence-corrected chi connectivity index (χ3v) is 6.04. The van der Waals surface area contributed by atoms with Crippen molar-refractivity contribution in [2.45, 2.75) is 32.2 Å². The van der Waals surface area contributed by atoms with Crippen LogP contribution < -0.4 is 0 Å². The number of likely N-dealkylation sites (tertiary alicyclic amines) is 1. The van der Waals surface area contributed by atoms with Crippen molar-refractivity contribution >= 4 is 0 Å². The molecule has 0 aromatic heterocycles. The predicted octanol–water partition coefficient (Wildman–Crippen LogP) is 4.11. The summed E-state index contributed by atoms with van der Waals surface area (Å²) in [6.45, 7) is 7.81. The van der Waals surface area contributed by atoms with Crippen molar-refractivity contribution in [3.8, 4) is 5.75 Å². The Hall–Kier alpha value is -1.80. The second kappa shape index (κ2) is 5.38. The fourth-order valence-corrected chi connectivity index (χ4v) is 4.97. The van der Waals surface area contributed by atoms with E-state index < -0.39 is 0 Å². The monoisotopic (exact) mass is 307 g/mol. The molecule has 0 amide bonds. The summed E-state index contributed by atoms with van der Waals surface area (Å²) in [5, 5.41) is 9.98. The summed E-state index contributed by atoms with van der Waals surface area (Å²) in [6.07, 6.45) is 1.17. The van der Waals surface area contributed by atoms with E-state index in [1.54, 1.807) is 0 Å². The molecule has 1 saturated carbocycles. The Morgan fingerprint density at radius 1 is 1.09 bits per heavy atom. The van der Waals surface area contributed by atoms with Crippen LogP contribution in [0.5, 0.6) is 5.75 Å². The normalized spacial score (nSPS) is 29.5. The van der Waals surface area contributed by atoms with Crippen molar-refractivity contribution in [2.75, 3.05) is 13.1 Å². The SMILES string of the molecule is CCC1(c2cc(C)cc(O)c2)[C@@H]2CN(Cc3ccccc3)C[C@@H]21. The highest BCUT2D eigenvalue weighted by Gasteiger charge is 2.67. The molecule has 1 N–H and O–H groups in total. The number of fused-ring (bicyclic) bond motifs is 1. The average molecular weight is 307 g/mol. The first-order valence-corrected chi connectivity index (χ1v) is 8.71. The molecule has 2 aromatic rings. The fraction of sp³-hybridized carbons (Fsp3) is 0.429. The first kappa shape index (κ1) is 14.8. The van der Waals surface area contributed by atoms with E-state index in [0.29, 0.717) is 11.2 Å². The lowest BCUT2D eigenvalue weighted by Gasteiger charge is -2.27. The quantitative estimate of drug-likeness (QED) is 0.919. The lowest BCUT2D eigenvalue weighted by atomic mass is 9.86. The Bertz CT molecular complexity index is 677. The molecule has 2 aliphatic rings. The van der Waals surface area contributed by atoms with E-state index in [0.717, 1.165) is 18.4 Å². The number of hydrogen-bond donors (Lipinski definition) is 1. The van der Waals surface area contributed by atoms with E-state index in [1.807, 2.05) is 12.1 Å². The summed E-state index contributed by atoms with van der Waals surface area (Å²) >= 11 is 0. The Morgan fingerprint density at radius 3 is 2.39 bits per heavy atom. The summed E-state index contributed by atoms with van der Waals surface area (Å²) in [5.74, 6) is 1.91. The van der Waals surface area contributed by atoms with Crippen LogP contribution in [0.2, 0.25) is 0 Å². The van der Waals surface area contributed by atoms with Gasteiger partial charge in [-0.2, -0.15) is 0 Å². The Labute approximate surface area is 138 Å². The van der Waals surface area contributed by atoms with Crippen LogP contribution in [0.1, 0.15) is 30.0 Å². The van der Waals surface area contributed by atoms with Gasteiger partial charge >= 0.3 is 0 Å². The van der Waals surface area contributed by atoms with Crippen LogP contribution in [0, 0.1) is 18.8 Å². The highest BCUT2D eigenvalue weighted by atomic mass is 16.3. The molecule has 1 unspecified atom stereocenters. The second-order valence-corrected chi connectivity index (χ2v) is 7.34. The van der Waals surface area contributed by atoms with E-state index in [1.165, 1.54) is 36.2 Å². The maximum Gasteiger partial charge on any atom is 0.116 e. The summed E-state index contributed by atoms with van der Waals surface area (Å²) in [7, 11) is 0. The van der Waals surface area contributed by atoms with Gasteiger partial charge in [0.05, 0.1) is 0 Å². The van der Waals surface area contributed by atoms with Crippen molar-refractivity contribution in [3.63, 3.8) is 0 Å². The van der Waals surface area contributed by atoms with Gasteiger partial charge in [0.25, 0.3) is 0 Å². The number of piperidine rings is 1. The molecular formula is C21H25NO. The summed E-state index contributed by atoms with van der Waals surface area (Å²) in [5.41, 5.74) is 4.23. The first-order valence-electron chi connectivity index (χ1n) is 8.71. The topological polar surface area (TPSA) is 23.5 Å². The minimum absolute atomic E-state index is 0.302. The van der Waals surface area contributed by atoms with E-state index in [-0.39, 0.29) is 0 Å². The number of phenolic OH excluding ortho intramolecular Hbond substituents is 1. The van der Waals surface area contributed by atoms with Gasteiger partial charge in [-0.15, -0.1) is 0 Å². The molecule has 3 atom stereocenters. The molecule has 4 rings (SSSR count). The van der Waals surface area contributed by atoms with Crippen molar-refractivity contribution < 1.29 is 5.11 Å². The molecular weight excluding hydrogens is 282 g/mol. The number of phenols is 1. The molecule has 0 radical (unpaired) electrons. The third kappa shape index (κ3) is 2.36. The standard InChI is InChI=1S/C21H25NO/c1-3-21(17-9-15(2)10-18(23)11-17)19-13-22(14-20(19)21)12-16-7-5-4-6-8-16/h4-11,19-20,23H,3,12-14H2,1-2H3/t19-,20+,21?. The summed E-state index contributed by atoms with van der Waals surface area (Å²) in [6, 6.07) is 16.9. The van der Waals surface area contributed by atoms with Crippen molar-refractivity contribution in [1.29, 1.82) is 0 Å². The Morgan fingerprint density at radius 2 is 1.78 bits per heavy atom. The smallest absolute Gasteiger partial charge is 0.116 e. The first-order chi connectivity index (χ1) is 11.1. The van der Waals surface area contributed by atoms with Crippen LogP contribution in [0.4, 0.5) is 0 Å². The largest absolute Gasteiger partial charge is 0.508 e. The van der Waals surface area contributed by atoms with Gasteiger partial charge in [0.15, 0.2) is 0 Å². The van der Waals surface area contributed by atoms with Gasteiger partial charge in [0, 0.05) is 25.0 Å². The molecule has 1 aliphatic heterocycles. The van der Waals surface area contributed by atoms with Crippen LogP contribution in [0.3, 0.4) is 0 Å². The maximum atomic E-state index is 9.98. The number of aryl methyl sites for hydroxylation is 1. The Kier molecular flexibility index (Phi) is 3.46. The van der Waals surface area contributed by atoms with Gasteiger partial charge < -0.3 is 5.11 Å². The minimum Gasteiger partial charge on any atom is -0.508 e. The molecule has 120 valence electrons. The molecule has 2 fully saturated rings. The molecule has 0 bridgehead atoms. The van der Waals surface area contributed by atoms with Crippen LogP contribution in [0.25, 0.3) is 0 Å². The van der Waals surface area contributed by atoms with Crippen LogP contribution >= 0.6 is 0 Å². The van der Waals surface area contributed by atoms with Gasteiger partial charge in [-0.05, 0) is 54.0 Å². The van der Waals surface area contributed by atoms with Gasteiger partial charge in [-0.3, -0.25) is 4.90 Å². The van der Waals surface area contributed by atoms with E-state index in [9.17, 15) is 5.11 Å². The van der Waals surface area contributed by atoms with Crippen molar-refractivity contribution in [2.24, 2.45) is 11.8 Å².